The molecule has 2 saturated heterocycles. The highest BCUT2D eigenvalue weighted by atomic mass is 32.2. The van der Waals surface area contributed by atoms with Crippen LogP contribution in [0.5, 0.6) is 5.88 Å². The number of nitriles is 1. The van der Waals surface area contributed by atoms with Crippen molar-refractivity contribution in [3.63, 3.8) is 0 Å². The first-order valence-electron chi connectivity index (χ1n) is 7.24. The molecule has 2 fully saturated rings. The van der Waals surface area contributed by atoms with Crippen LogP contribution in [0.3, 0.4) is 0 Å². The lowest BCUT2D eigenvalue weighted by atomic mass is 10.3. The third kappa shape index (κ3) is 2.90. The van der Waals surface area contributed by atoms with Crippen molar-refractivity contribution in [3.8, 4) is 11.9 Å². The molecule has 0 radical (unpaired) electrons. The van der Waals surface area contributed by atoms with Crippen LogP contribution in [-0.4, -0.2) is 59.3 Å². The average molecular weight is 323 g/mol. The van der Waals surface area contributed by atoms with Crippen LogP contribution in [-0.2, 0) is 10.2 Å². The molecule has 1 atom stereocenters. The van der Waals surface area contributed by atoms with Crippen LogP contribution in [0, 0.1) is 11.3 Å². The maximum atomic E-state index is 12.5. The van der Waals surface area contributed by atoms with Gasteiger partial charge in [-0.3, -0.25) is 0 Å². The first-order valence-corrected chi connectivity index (χ1v) is 8.64. The second kappa shape index (κ2) is 6.16. The minimum Gasteiger partial charge on any atom is -0.471 e. The summed E-state index contributed by atoms with van der Waals surface area (Å²) in [6.45, 7) is 1.88. The lowest BCUT2D eigenvalue weighted by molar-refractivity contribution is 0.204. The third-order valence-corrected chi connectivity index (χ3v) is 5.88. The van der Waals surface area contributed by atoms with Crippen molar-refractivity contribution < 1.29 is 13.2 Å². The summed E-state index contributed by atoms with van der Waals surface area (Å²) in [6.07, 6.45) is 4.97. The summed E-state index contributed by atoms with van der Waals surface area (Å²) in [5, 5.41) is 8.97. The number of rotatable bonds is 4. The maximum Gasteiger partial charge on any atom is 0.282 e. The molecular formula is C13H17N5O3S. The molecule has 3 heterocycles. The van der Waals surface area contributed by atoms with E-state index in [1.807, 2.05) is 6.07 Å². The van der Waals surface area contributed by atoms with Gasteiger partial charge >= 0.3 is 0 Å². The van der Waals surface area contributed by atoms with Gasteiger partial charge in [0.25, 0.3) is 16.1 Å². The number of hydrogen-bond acceptors (Lipinski definition) is 6. The van der Waals surface area contributed by atoms with Crippen LogP contribution in [0.25, 0.3) is 0 Å². The second-order valence-corrected chi connectivity index (χ2v) is 7.25. The number of nitrogens with zero attached hydrogens (tertiary/aromatic N) is 5. The fourth-order valence-corrected chi connectivity index (χ4v) is 4.47. The van der Waals surface area contributed by atoms with Crippen LogP contribution >= 0.6 is 0 Å². The Kier molecular flexibility index (Phi) is 4.24. The van der Waals surface area contributed by atoms with Crippen molar-refractivity contribution in [2.75, 3.05) is 26.2 Å². The van der Waals surface area contributed by atoms with E-state index in [-0.39, 0.29) is 24.2 Å². The molecule has 8 nitrogen and oxygen atoms in total. The highest BCUT2D eigenvalue weighted by Crippen LogP contribution is 2.23. The van der Waals surface area contributed by atoms with Crippen molar-refractivity contribution in [1.82, 2.24) is 18.6 Å². The van der Waals surface area contributed by atoms with Gasteiger partial charge in [0, 0.05) is 32.0 Å². The predicted molar refractivity (Wildman–Crippen MR) is 77.1 cm³/mol. The monoisotopic (exact) mass is 323 g/mol. The molecule has 22 heavy (non-hydrogen) atoms. The molecule has 0 amide bonds. The Labute approximate surface area is 129 Å². The molecule has 3 rings (SSSR count). The molecule has 0 aliphatic carbocycles. The molecule has 0 N–H and O–H groups in total. The fourth-order valence-electron chi connectivity index (χ4n) is 2.73. The molecular weight excluding hydrogens is 306 g/mol. The average Bonchev–Trinajstić information content (AvgIpc) is 3.20. The summed E-state index contributed by atoms with van der Waals surface area (Å²) >= 11 is 0. The molecule has 1 aromatic heterocycles. The molecule has 0 saturated carbocycles. The van der Waals surface area contributed by atoms with E-state index in [1.165, 1.54) is 21.0 Å². The third-order valence-electron chi connectivity index (χ3n) is 3.87. The van der Waals surface area contributed by atoms with Gasteiger partial charge in [-0.1, -0.05) is 0 Å². The van der Waals surface area contributed by atoms with Gasteiger partial charge in [0.15, 0.2) is 0 Å². The van der Waals surface area contributed by atoms with Crippen molar-refractivity contribution in [1.29, 1.82) is 5.26 Å². The van der Waals surface area contributed by atoms with Crippen LogP contribution in [0.1, 0.15) is 25.0 Å². The van der Waals surface area contributed by atoms with E-state index in [2.05, 4.69) is 9.97 Å². The molecule has 1 aromatic rings. The molecule has 1 unspecified atom stereocenters. The molecule has 118 valence electrons. The Morgan fingerprint density at radius 2 is 1.91 bits per heavy atom. The van der Waals surface area contributed by atoms with Gasteiger partial charge in [-0.2, -0.15) is 22.3 Å². The number of hydrogen-bond donors (Lipinski definition) is 0. The zero-order valence-electron chi connectivity index (χ0n) is 12.1. The SMILES string of the molecule is N#Cc1nccnc1OC1CCN(S(=O)(=O)N2CCCC2)C1. The summed E-state index contributed by atoms with van der Waals surface area (Å²) < 4.78 is 33.6. The van der Waals surface area contributed by atoms with E-state index >= 15 is 0 Å². The van der Waals surface area contributed by atoms with Crippen LogP contribution in [0.4, 0.5) is 0 Å². The zero-order chi connectivity index (χ0) is 15.6. The lowest BCUT2D eigenvalue weighted by Gasteiger charge is -2.23. The maximum absolute atomic E-state index is 12.5. The van der Waals surface area contributed by atoms with Gasteiger partial charge in [0.05, 0.1) is 6.54 Å². The molecule has 0 spiro atoms. The van der Waals surface area contributed by atoms with Gasteiger partial charge in [-0.25, -0.2) is 9.97 Å². The topological polar surface area (TPSA) is 99.4 Å². The van der Waals surface area contributed by atoms with Crippen LogP contribution in [0.2, 0.25) is 0 Å². The second-order valence-electron chi connectivity index (χ2n) is 5.32. The normalized spacial score (nSPS) is 23.5. The predicted octanol–water partition coefficient (Wildman–Crippen LogP) is 0.142. The highest BCUT2D eigenvalue weighted by molar-refractivity contribution is 7.86. The Hall–Kier alpha value is -1.76. The molecule has 9 heteroatoms. The molecule has 2 aliphatic heterocycles. The highest BCUT2D eigenvalue weighted by Gasteiger charge is 2.37. The van der Waals surface area contributed by atoms with E-state index in [0.717, 1.165) is 12.8 Å². The first-order chi connectivity index (χ1) is 10.6. The van der Waals surface area contributed by atoms with Gasteiger partial charge < -0.3 is 4.74 Å². The Morgan fingerprint density at radius 3 is 2.64 bits per heavy atom. The van der Waals surface area contributed by atoms with Crippen molar-refractivity contribution >= 4 is 10.2 Å². The Balaban J connectivity index is 1.66. The minimum absolute atomic E-state index is 0.114. The van der Waals surface area contributed by atoms with Crippen molar-refractivity contribution in [3.05, 3.63) is 18.1 Å². The Bertz CT molecular complexity index is 681. The summed E-state index contributed by atoms with van der Waals surface area (Å²) in [5.74, 6) is 0.162. The summed E-state index contributed by atoms with van der Waals surface area (Å²) in [5.41, 5.74) is 0.114. The largest absolute Gasteiger partial charge is 0.471 e. The summed E-state index contributed by atoms with van der Waals surface area (Å²) in [7, 11) is -3.39. The van der Waals surface area contributed by atoms with E-state index in [4.69, 9.17) is 10.00 Å². The minimum atomic E-state index is -3.39. The summed E-state index contributed by atoms with van der Waals surface area (Å²) in [6, 6.07) is 1.92. The lowest BCUT2D eigenvalue weighted by Crippen LogP contribution is -2.41. The molecule has 0 bridgehead atoms. The zero-order valence-corrected chi connectivity index (χ0v) is 12.9. The number of aromatic nitrogens is 2. The van der Waals surface area contributed by atoms with Crippen molar-refractivity contribution in [2.45, 2.75) is 25.4 Å². The van der Waals surface area contributed by atoms with Gasteiger partial charge in [0.2, 0.25) is 5.69 Å². The van der Waals surface area contributed by atoms with Gasteiger partial charge in [0.1, 0.15) is 12.2 Å². The van der Waals surface area contributed by atoms with Crippen LogP contribution < -0.4 is 4.74 Å². The summed E-state index contributed by atoms with van der Waals surface area (Å²) in [4.78, 5) is 7.87. The number of ether oxygens (including phenoxy) is 1. The van der Waals surface area contributed by atoms with E-state index in [9.17, 15) is 8.42 Å². The van der Waals surface area contributed by atoms with Crippen LogP contribution in [0.15, 0.2) is 12.4 Å². The molecule has 2 aliphatic rings. The van der Waals surface area contributed by atoms with Gasteiger partial charge in [-0.15, -0.1) is 0 Å². The Morgan fingerprint density at radius 1 is 1.18 bits per heavy atom. The van der Waals surface area contributed by atoms with Gasteiger partial charge in [-0.05, 0) is 19.3 Å². The van der Waals surface area contributed by atoms with Crippen molar-refractivity contribution in [2.24, 2.45) is 0 Å². The fraction of sp³-hybridized carbons (Fsp3) is 0.615. The smallest absolute Gasteiger partial charge is 0.282 e. The standard InChI is InChI=1S/C13H17N5O3S/c14-9-12-13(16-5-4-15-12)21-11-3-8-18(10-11)22(19,20)17-6-1-2-7-17/h4-5,11H,1-3,6-8,10H2. The van der Waals surface area contributed by atoms with E-state index < -0.39 is 10.2 Å². The van der Waals surface area contributed by atoms with E-state index in [0.29, 0.717) is 26.1 Å². The van der Waals surface area contributed by atoms with E-state index in [1.54, 1.807) is 0 Å². The quantitative estimate of drug-likeness (QED) is 0.781. The molecule has 0 aromatic carbocycles. The first kappa shape index (κ1) is 15.1.